The van der Waals surface area contributed by atoms with Crippen LogP contribution < -0.4 is 0 Å². The number of rotatable bonds is 3. The van der Waals surface area contributed by atoms with Crippen LogP contribution in [0.3, 0.4) is 0 Å². The van der Waals surface area contributed by atoms with Crippen LogP contribution in [-0.4, -0.2) is 27.9 Å². The van der Waals surface area contributed by atoms with Crippen molar-refractivity contribution in [3.8, 4) is 0 Å². The zero-order valence-electron chi connectivity index (χ0n) is 12.4. The highest BCUT2D eigenvalue weighted by Crippen LogP contribution is 2.33. The first-order valence-electron chi connectivity index (χ1n) is 6.98. The zero-order valence-corrected chi connectivity index (χ0v) is 12.4. The molecule has 6 heteroatoms. The summed E-state index contributed by atoms with van der Waals surface area (Å²) < 4.78 is 14.9. The molecule has 1 aromatic heterocycles. The fraction of sp³-hybridized carbons (Fsp3) is 0.250. The Labute approximate surface area is 127 Å². The lowest BCUT2D eigenvalue weighted by Gasteiger charge is -2.30. The van der Waals surface area contributed by atoms with Gasteiger partial charge < -0.3 is 0 Å². The second-order valence-electron chi connectivity index (χ2n) is 5.14. The molecule has 0 unspecified atom stereocenters. The molecular weight excluding hydrogens is 285 g/mol. The minimum Gasteiger partial charge on any atom is -0.272 e. The Balaban J connectivity index is 2.19. The first kappa shape index (κ1) is 14.5. The SMILES string of the molecule is CON1C(=O)CCC(n2cc(C)cn2)=C1c1ccc(F)cc1. The quantitative estimate of drug-likeness (QED) is 0.876. The summed E-state index contributed by atoms with van der Waals surface area (Å²) in [6, 6.07) is 5.99. The second kappa shape index (κ2) is 5.73. The van der Waals surface area contributed by atoms with Crippen LogP contribution in [0.5, 0.6) is 0 Å². The van der Waals surface area contributed by atoms with Gasteiger partial charge in [0.2, 0.25) is 0 Å². The van der Waals surface area contributed by atoms with E-state index < -0.39 is 0 Å². The van der Waals surface area contributed by atoms with Gasteiger partial charge in [-0.3, -0.25) is 9.63 Å². The summed E-state index contributed by atoms with van der Waals surface area (Å²) in [7, 11) is 1.44. The molecular formula is C16H16FN3O2. The summed E-state index contributed by atoms with van der Waals surface area (Å²) >= 11 is 0. The van der Waals surface area contributed by atoms with E-state index in [9.17, 15) is 9.18 Å². The van der Waals surface area contributed by atoms with Crippen LogP contribution in [0, 0.1) is 12.7 Å². The van der Waals surface area contributed by atoms with E-state index in [-0.39, 0.29) is 11.7 Å². The molecule has 0 spiro atoms. The maximum atomic E-state index is 13.2. The van der Waals surface area contributed by atoms with E-state index in [1.807, 2.05) is 13.1 Å². The van der Waals surface area contributed by atoms with Gasteiger partial charge in [-0.25, -0.2) is 9.07 Å². The highest BCUT2D eigenvalue weighted by atomic mass is 19.1. The third kappa shape index (κ3) is 2.53. The topological polar surface area (TPSA) is 47.4 Å². The van der Waals surface area contributed by atoms with Gasteiger partial charge in [-0.15, -0.1) is 0 Å². The molecule has 1 aliphatic heterocycles. The number of aryl methyl sites for hydroxylation is 1. The maximum absolute atomic E-state index is 13.2. The second-order valence-corrected chi connectivity index (χ2v) is 5.14. The average molecular weight is 301 g/mol. The lowest BCUT2D eigenvalue weighted by molar-refractivity contribution is -0.159. The lowest BCUT2D eigenvalue weighted by atomic mass is 10.0. The minimum atomic E-state index is -0.327. The number of allylic oxidation sites excluding steroid dienone is 1. The van der Waals surface area contributed by atoms with Gasteiger partial charge in [0.15, 0.2) is 0 Å². The summed E-state index contributed by atoms with van der Waals surface area (Å²) in [5, 5.41) is 5.57. The molecule has 1 aromatic carbocycles. The molecule has 2 heterocycles. The highest BCUT2D eigenvalue weighted by molar-refractivity contribution is 5.96. The number of nitrogens with zero attached hydrogens (tertiary/aromatic N) is 3. The van der Waals surface area contributed by atoms with E-state index in [0.717, 1.165) is 11.3 Å². The van der Waals surface area contributed by atoms with E-state index in [1.165, 1.54) is 24.3 Å². The number of carbonyl (C=O) groups is 1. The van der Waals surface area contributed by atoms with Crippen LogP contribution in [0.1, 0.15) is 24.0 Å². The van der Waals surface area contributed by atoms with Crippen molar-refractivity contribution in [2.75, 3.05) is 7.11 Å². The van der Waals surface area contributed by atoms with Crippen LogP contribution in [-0.2, 0) is 9.63 Å². The maximum Gasteiger partial charge on any atom is 0.251 e. The number of carbonyl (C=O) groups excluding carboxylic acids is 1. The number of halogens is 1. The number of benzene rings is 1. The number of hydrogen-bond donors (Lipinski definition) is 0. The third-order valence-corrected chi connectivity index (χ3v) is 3.57. The molecule has 0 aliphatic carbocycles. The molecule has 0 fully saturated rings. The Morgan fingerprint density at radius 2 is 1.95 bits per heavy atom. The third-order valence-electron chi connectivity index (χ3n) is 3.57. The molecule has 0 saturated heterocycles. The summed E-state index contributed by atoms with van der Waals surface area (Å²) in [4.78, 5) is 17.4. The number of hydroxylamine groups is 2. The minimum absolute atomic E-state index is 0.130. The van der Waals surface area contributed by atoms with Gasteiger partial charge in [0, 0.05) is 24.6 Å². The zero-order chi connectivity index (χ0) is 15.7. The van der Waals surface area contributed by atoms with Gasteiger partial charge in [0.1, 0.15) is 11.5 Å². The molecule has 1 amide bonds. The number of aromatic nitrogens is 2. The largest absolute Gasteiger partial charge is 0.272 e. The first-order chi connectivity index (χ1) is 10.6. The van der Waals surface area contributed by atoms with Crippen molar-refractivity contribution in [3.63, 3.8) is 0 Å². The molecule has 0 saturated carbocycles. The van der Waals surface area contributed by atoms with Gasteiger partial charge in [0.25, 0.3) is 5.91 Å². The van der Waals surface area contributed by atoms with Crippen molar-refractivity contribution in [1.29, 1.82) is 0 Å². The fourth-order valence-electron chi connectivity index (χ4n) is 2.56. The van der Waals surface area contributed by atoms with Crippen molar-refractivity contribution in [1.82, 2.24) is 14.8 Å². The smallest absolute Gasteiger partial charge is 0.251 e. The highest BCUT2D eigenvalue weighted by Gasteiger charge is 2.29. The molecule has 0 N–H and O–H groups in total. The molecule has 114 valence electrons. The van der Waals surface area contributed by atoms with Gasteiger partial charge in [0.05, 0.1) is 19.0 Å². The summed E-state index contributed by atoms with van der Waals surface area (Å²) in [6.45, 7) is 1.95. The van der Waals surface area contributed by atoms with Crippen LogP contribution in [0.4, 0.5) is 4.39 Å². The van der Waals surface area contributed by atoms with Crippen molar-refractivity contribution >= 4 is 17.3 Å². The van der Waals surface area contributed by atoms with Crippen LogP contribution in [0.15, 0.2) is 36.7 Å². The van der Waals surface area contributed by atoms with E-state index in [4.69, 9.17) is 4.84 Å². The van der Waals surface area contributed by atoms with Gasteiger partial charge in [-0.1, -0.05) is 0 Å². The normalized spacial score (nSPS) is 15.6. The van der Waals surface area contributed by atoms with Crippen LogP contribution in [0.2, 0.25) is 0 Å². The van der Waals surface area contributed by atoms with E-state index in [2.05, 4.69) is 5.10 Å². The fourth-order valence-corrected chi connectivity index (χ4v) is 2.56. The van der Waals surface area contributed by atoms with Gasteiger partial charge in [-0.05, 0) is 36.8 Å². The molecule has 0 atom stereocenters. The Morgan fingerprint density at radius 1 is 1.23 bits per heavy atom. The lowest BCUT2D eigenvalue weighted by Crippen LogP contribution is -2.33. The van der Waals surface area contributed by atoms with Crippen molar-refractivity contribution in [2.45, 2.75) is 19.8 Å². The monoisotopic (exact) mass is 301 g/mol. The van der Waals surface area contributed by atoms with Crippen molar-refractivity contribution in [3.05, 3.63) is 53.6 Å². The van der Waals surface area contributed by atoms with Crippen LogP contribution >= 0.6 is 0 Å². The molecule has 22 heavy (non-hydrogen) atoms. The Hall–Kier alpha value is -2.47. The summed E-state index contributed by atoms with van der Waals surface area (Å²) in [5.74, 6) is -0.457. The first-order valence-corrected chi connectivity index (χ1v) is 6.98. The predicted molar refractivity (Wildman–Crippen MR) is 79.6 cm³/mol. The molecule has 2 aromatic rings. The van der Waals surface area contributed by atoms with E-state index in [1.54, 1.807) is 23.0 Å². The molecule has 1 aliphatic rings. The standard InChI is InChI=1S/C16H16FN3O2/c1-11-9-18-19(10-11)14-7-8-15(21)20(22-2)16(14)12-3-5-13(17)6-4-12/h3-6,9-10H,7-8H2,1-2H3. The average Bonchev–Trinajstić information content (AvgIpc) is 2.94. The molecule has 0 radical (unpaired) electrons. The number of amides is 1. The summed E-state index contributed by atoms with van der Waals surface area (Å²) in [6.07, 6.45) is 4.53. The molecule has 3 rings (SSSR count). The summed E-state index contributed by atoms with van der Waals surface area (Å²) in [5.41, 5.74) is 3.18. The number of hydrogen-bond acceptors (Lipinski definition) is 3. The predicted octanol–water partition coefficient (Wildman–Crippen LogP) is 2.84. The van der Waals surface area contributed by atoms with E-state index >= 15 is 0 Å². The molecule has 0 bridgehead atoms. The van der Waals surface area contributed by atoms with Gasteiger partial charge in [-0.2, -0.15) is 10.2 Å². The van der Waals surface area contributed by atoms with Crippen molar-refractivity contribution in [2.24, 2.45) is 0 Å². The van der Waals surface area contributed by atoms with Crippen molar-refractivity contribution < 1.29 is 14.0 Å². The van der Waals surface area contributed by atoms with E-state index in [0.29, 0.717) is 24.1 Å². The van der Waals surface area contributed by atoms with Gasteiger partial charge >= 0.3 is 0 Å². The van der Waals surface area contributed by atoms with Crippen LogP contribution in [0.25, 0.3) is 11.4 Å². The molecule has 5 nitrogen and oxygen atoms in total. The Kier molecular flexibility index (Phi) is 3.77. The Morgan fingerprint density at radius 3 is 2.55 bits per heavy atom. The Bertz CT molecular complexity index is 734.